The number of carbonyl (C=O) groups is 5. The molecule has 4 amide bonds. The molecule has 1 aromatic heterocycles. The van der Waals surface area contributed by atoms with Crippen LogP contribution in [0.25, 0.3) is 0 Å². The maximum Gasteiger partial charge on any atom is 0.287 e. The van der Waals surface area contributed by atoms with E-state index in [1.165, 1.54) is 65.2 Å². The van der Waals surface area contributed by atoms with Crippen LogP contribution < -0.4 is 11.1 Å². The van der Waals surface area contributed by atoms with Gasteiger partial charge in [-0.15, -0.1) is 5.10 Å². The Morgan fingerprint density at radius 3 is 2.25 bits per heavy atom. The zero-order chi connectivity index (χ0) is 41.5. The number of likely N-dealkylation sites (tertiary alicyclic amines) is 1. The van der Waals surface area contributed by atoms with Gasteiger partial charge in [0.15, 0.2) is 9.84 Å². The molecule has 2 atom stereocenters. The lowest BCUT2D eigenvalue weighted by atomic mass is 9.85. The monoisotopic (exact) mass is 830 g/mol. The Hall–Kier alpha value is -4.40. The summed E-state index contributed by atoms with van der Waals surface area (Å²) in [5.74, 6) is -5.88. The van der Waals surface area contributed by atoms with Crippen LogP contribution in [0.2, 0.25) is 0 Å². The first-order chi connectivity index (χ1) is 26.7. The molecule has 4 fully saturated rings. The molecule has 1 aromatic carbocycles. The highest BCUT2D eigenvalue weighted by atomic mass is 32.2. The third-order valence-electron chi connectivity index (χ3n) is 11.6. The Morgan fingerprint density at radius 1 is 1.04 bits per heavy atom. The number of primary amides is 1. The first kappa shape index (κ1) is 42.2. The first-order valence-electron chi connectivity index (χ1n) is 19.2. The average molecular weight is 831 g/mol. The topological polar surface area (TPSA) is 261 Å². The van der Waals surface area contributed by atoms with E-state index < -0.39 is 96.8 Å². The molecule has 4 N–H and O–H groups in total. The number of nitrogens with zero attached hydrogens (tertiary/aromatic N) is 6. The van der Waals surface area contributed by atoms with Crippen LogP contribution in [0.15, 0.2) is 40.4 Å². The van der Waals surface area contributed by atoms with Crippen molar-refractivity contribution in [3.63, 3.8) is 0 Å². The van der Waals surface area contributed by atoms with E-state index in [0.717, 1.165) is 44.9 Å². The molecule has 0 bridgehead atoms. The second-order valence-corrected chi connectivity index (χ2v) is 20.6. The van der Waals surface area contributed by atoms with Crippen LogP contribution in [0.4, 0.5) is 0 Å². The first-order valence-corrected chi connectivity index (χ1v) is 22.5. The lowest BCUT2D eigenvalue weighted by molar-refractivity contribution is -0.143. The SMILES string of the molecule is CN(C1CC1)S(=O)(=O)c1ccc(C(=O)N=C(CC2CCCCC2)C(=O)N2C[C@@H](n3nncc3C(C)(C)O)C[C@H]2C(=O)NC2(C(=O)C(N)=O)CCS(=O)(=O)CC2)cc1. The molecule has 0 unspecified atom stereocenters. The molecule has 4 aliphatic rings. The molecule has 20 heteroatoms. The minimum absolute atomic E-state index is 0.00292. The number of sulfone groups is 1. The maximum absolute atomic E-state index is 14.8. The van der Waals surface area contributed by atoms with Crippen molar-refractivity contribution in [2.75, 3.05) is 25.1 Å². The second-order valence-electron chi connectivity index (χ2n) is 16.3. The molecule has 2 saturated heterocycles. The van der Waals surface area contributed by atoms with Gasteiger partial charge in [0.25, 0.3) is 17.7 Å². The summed E-state index contributed by atoms with van der Waals surface area (Å²) >= 11 is 0. The summed E-state index contributed by atoms with van der Waals surface area (Å²) in [6.45, 7) is 2.89. The van der Waals surface area contributed by atoms with E-state index >= 15 is 0 Å². The summed E-state index contributed by atoms with van der Waals surface area (Å²) in [7, 11) is -5.84. The minimum Gasteiger partial charge on any atom is -0.384 e. The van der Waals surface area contributed by atoms with Gasteiger partial charge in [0.2, 0.25) is 21.7 Å². The van der Waals surface area contributed by atoms with Crippen LogP contribution in [-0.4, -0.2) is 124 Å². The number of hydrogen-bond donors (Lipinski definition) is 3. The predicted octanol–water partition coefficient (Wildman–Crippen LogP) is 0.800. The third-order valence-corrected chi connectivity index (χ3v) is 15.2. The van der Waals surface area contributed by atoms with E-state index in [1.54, 1.807) is 0 Å². The van der Waals surface area contributed by atoms with Gasteiger partial charge in [-0.25, -0.2) is 26.5 Å². The Kier molecular flexibility index (Phi) is 11.9. The standard InChI is InChI=1S/C37H50N8O10S2/c1-36(2,51)30-21-39-42-45(30)26-20-29(34(49)41-37(31(46)32(38)47)15-17-56(52,53)18-16-37)44(22-26)35(50)28(19-23-7-5-4-6-8-23)40-33(48)24-9-13-27(14-10-24)57(54,55)43(3)25-11-12-25/h9-10,13-14,21,23,25-26,29,51H,4-8,11-12,15-20,22H2,1-3H3,(H2,38,47)(H,41,49)/t26-,29-/m0/s1. The highest BCUT2D eigenvalue weighted by Crippen LogP contribution is 2.35. The van der Waals surface area contributed by atoms with Crippen molar-refractivity contribution in [2.45, 2.75) is 119 Å². The lowest BCUT2D eigenvalue weighted by Crippen LogP contribution is -2.64. The molecule has 6 rings (SSSR count). The summed E-state index contributed by atoms with van der Waals surface area (Å²) in [5, 5.41) is 21.6. The fourth-order valence-electron chi connectivity index (χ4n) is 8.03. The number of ketones is 1. The van der Waals surface area contributed by atoms with Crippen molar-refractivity contribution in [1.29, 1.82) is 0 Å². The number of nitrogens with two attached hydrogens (primary N) is 1. The van der Waals surface area contributed by atoms with E-state index in [9.17, 15) is 45.9 Å². The summed E-state index contributed by atoms with van der Waals surface area (Å²) < 4.78 is 53.6. The summed E-state index contributed by atoms with van der Waals surface area (Å²) in [6, 6.07) is 3.19. The number of Topliss-reactive ketones (excluding diaryl/α,β-unsaturated/α-hetero) is 1. The Morgan fingerprint density at radius 2 is 1.67 bits per heavy atom. The molecule has 0 radical (unpaired) electrons. The van der Waals surface area contributed by atoms with E-state index in [2.05, 4.69) is 20.6 Å². The van der Waals surface area contributed by atoms with Crippen molar-refractivity contribution in [2.24, 2.45) is 16.6 Å². The Bertz CT molecular complexity index is 2160. The number of sulfonamides is 1. The number of aliphatic hydroxyl groups is 1. The minimum atomic E-state index is -3.78. The molecule has 2 saturated carbocycles. The van der Waals surface area contributed by atoms with Gasteiger partial charge < -0.3 is 21.1 Å². The molecular formula is C37H50N8O10S2. The number of amides is 4. The molecule has 2 aliphatic carbocycles. The molecule has 310 valence electrons. The van der Waals surface area contributed by atoms with Crippen LogP contribution in [0.3, 0.4) is 0 Å². The van der Waals surface area contributed by atoms with Crippen LogP contribution in [-0.2, 0) is 44.6 Å². The van der Waals surface area contributed by atoms with Crippen LogP contribution >= 0.6 is 0 Å². The number of aliphatic imine (C=N–C) groups is 1. The third kappa shape index (κ3) is 9.18. The quantitative estimate of drug-likeness (QED) is 0.187. The fourth-order valence-corrected chi connectivity index (χ4v) is 11.0. The van der Waals surface area contributed by atoms with Gasteiger partial charge >= 0.3 is 0 Å². The van der Waals surface area contributed by atoms with Crippen LogP contribution in [0.5, 0.6) is 0 Å². The highest BCUT2D eigenvalue weighted by Gasteiger charge is 2.50. The number of nitrogens with one attached hydrogen (secondary N) is 1. The van der Waals surface area contributed by atoms with Gasteiger partial charge in [0, 0.05) is 31.6 Å². The zero-order valence-electron chi connectivity index (χ0n) is 32.3. The van der Waals surface area contributed by atoms with Crippen molar-refractivity contribution < 1.29 is 45.9 Å². The fraction of sp³-hybridized carbons (Fsp3) is 0.622. The van der Waals surface area contributed by atoms with Gasteiger partial charge in [0.1, 0.15) is 22.9 Å². The number of hydrogen-bond acceptors (Lipinski definition) is 12. The molecule has 2 aliphatic heterocycles. The number of carbonyl (C=O) groups excluding carboxylic acids is 5. The van der Waals surface area contributed by atoms with Gasteiger partial charge in [0.05, 0.1) is 34.3 Å². The number of aromatic nitrogens is 3. The van der Waals surface area contributed by atoms with E-state index in [-0.39, 0.29) is 47.5 Å². The second kappa shape index (κ2) is 16.1. The highest BCUT2D eigenvalue weighted by molar-refractivity contribution is 7.91. The lowest BCUT2D eigenvalue weighted by Gasteiger charge is -2.37. The van der Waals surface area contributed by atoms with Crippen molar-refractivity contribution in [1.82, 2.24) is 29.5 Å². The zero-order valence-corrected chi connectivity index (χ0v) is 33.9. The van der Waals surface area contributed by atoms with Gasteiger partial charge in [-0.2, -0.15) is 4.31 Å². The van der Waals surface area contributed by atoms with Crippen molar-refractivity contribution in [3.05, 3.63) is 41.7 Å². The molecule has 57 heavy (non-hydrogen) atoms. The normalized spacial score (nSPS) is 23.0. The number of rotatable bonds is 13. The smallest absolute Gasteiger partial charge is 0.287 e. The van der Waals surface area contributed by atoms with E-state index in [0.29, 0.717) is 5.69 Å². The van der Waals surface area contributed by atoms with Crippen LogP contribution in [0, 0.1) is 5.92 Å². The summed E-state index contributed by atoms with van der Waals surface area (Å²) in [4.78, 5) is 73.9. The predicted molar refractivity (Wildman–Crippen MR) is 205 cm³/mol. The molecule has 0 spiro atoms. The van der Waals surface area contributed by atoms with Gasteiger partial charge in [-0.1, -0.05) is 37.3 Å². The molecule has 3 heterocycles. The molecule has 18 nitrogen and oxygen atoms in total. The van der Waals surface area contributed by atoms with Crippen LogP contribution in [0.1, 0.15) is 107 Å². The molecule has 2 aromatic rings. The van der Waals surface area contributed by atoms with Crippen molar-refractivity contribution >= 4 is 55.0 Å². The largest absolute Gasteiger partial charge is 0.384 e. The summed E-state index contributed by atoms with van der Waals surface area (Å²) in [6.07, 6.45) is 6.52. The maximum atomic E-state index is 14.8. The summed E-state index contributed by atoms with van der Waals surface area (Å²) in [5.41, 5.74) is 2.22. The van der Waals surface area contributed by atoms with E-state index in [4.69, 9.17) is 5.73 Å². The van der Waals surface area contributed by atoms with Gasteiger partial charge in [-0.05, 0) is 76.1 Å². The van der Waals surface area contributed by atoms with E-state index in [1.807, 2.05) is 0 Å². The molecular weight excluding hydrogens is 781 g/mol. The van der Waals surface area contributed by atoms with Gasteiger partial charge in [-0.3, -0.25) is 24.0 Å². The number of benzene rings is 1. The van der Waals surface area contributed by atoms with Crippen molar-refractivity contribution in [3.8, 4) is 0 Å². The Labute approximate surface area is 331 Å². The average Bonchev–Trinajstić information content (AvgIpc) is 3.70. The Balaban J connectivity index is 1.35.